The molecule has 120 valence electrons. The molecule has 0 spiro atoms. The van der Waals surface area contributed by atoms with Gasteiger partial charge in [0.25, 0.3) is 0 Å². The summed E-state index contributed by atoms with van der Waals surface area (Å²) in [5, 5.41) is 11.7. The quantitative estimate of drug-likeness (QED) is 0.896. The molecule has 0 saturated heterocycles. The number of benzene rings is 1. The molecular formula is C18H20N2O3. The highest BCUT2D eigenvalue weighted by molar-refractivity contribution is 5.83. The molecular weight excluding hydrogens is 292 g/mol. The number of carbonyl (C=O) groups is 1. The van der Waals surface area contributed by atoms with Crippen LogP contribution in [0.5, 0.6) is 5.75 Å². The Hall–Kier alpha value is -2.56. The van der Waals surface area contributed by atoms with Crippen molar-refractivity contribution in [2.75, 3.05) is 5.32 Å². The Bertz CT molecular complexity index is 635. The van der Waals surface area contributed by atoms with Crippen LogP contribution in [-0.4, -0.2) is 22.3 Å². The van der Waals surface area contributed by atoms with Gasteiger partial charge in [0, 0.05) is 0 Å². The summed E-state index contributed by atoms with van der Waals surface area (Å²) in [6.45, 7) is 0. The molecule has 1 heterocycles. The minimum absolute atomic E-state index is 0.0490. The Labute approximate surface area is 135 Å². The van der Waals surface area contributed by atoms with Gasteiger partial charge in [0.05, 0.1) is 6.20 Å². The molecule has 2 N–H and O–H groups in total. The lowest BCUT2D eigenvalue weighted by atomic mass is 9.83. The van der Waals surface area contributed by atoms with Crippen LogP contribution in [0.2, 0.25) is 0 Å². The van der Waals surface area contributed by atoms with E-state index in [0.717, 1.165) is 25.7 Å². The van der Waals surface area contributed by atoms with Crippen LogP contribution in [0.15, 0.2) is 48.7 Å². The first kappa shape index (κ1) is 15.3. The average Bonchev–Trinajstić information content (AvgIpc) is 2.58. The Kier molecular flexibility index (Phi) is 4.76. The topological polar surface area (TPSA) is 71.5 Å². The van der Waals surface area contributed by atoms with E-state index in [1.54, 1.807) is 0 Å². The fourth-order valence-electron chi connectivity index (χ4n) is 2.98. The van der Waals surface area contributed by atoms with E-state index < -0.39 is 6.09 Å². The van der Waals surface area contributed by atoms with Crippen LogP contribution in [0.1, 0.15) is 37.2 Å². The van der Waals surface area contributed by atoms with Crippen LogP contribution in [0.25, 0.3) is 0 Å². The van der Waals surface area contributed by atoms with Crippen molar-refractivity contribution in [2.45, 2.75) is 37.7 Å². The zero-order chi connectivity index (χ0) is 16.1. The average molecular weight is 312 g/mol. The molecule has 1 aromatic heterocycles. The van der Waals surface area contributed by atoms with Gasteiger partial charge in [-0.1, -0.05) is 30.3 Å². The van der Waals surface area contributed by atoms with E-state index in [0.29, 0.717) is 11.7 Å². The third kappa shape index (κ3) is 4.22. The second kappa shape index (κ2) is 7.13. The van der Waals surface area contributed by atoms with Crippen LogP contribution < -0.4 is 5.32 Å². The number of anilines is 1. The number of ether oxygens (including phenoxy) is 1. The van der Waals surface area contributed by atoms with Crippen LogP contribution in [0.3, 0.4) is 0 Å². The van der Waals surface area contributed by atoms with E-state index in [4.69, 9.17) is 9.84 Å². The molecule has 0 radical (unpaired) electrons. The van der Waals surface area contributed by atoms with E-state index in [2.05, 4.69) is 34.6 Å². The monoisotopic (exact) mass is 312 g/mol. The smallest absolute Gasteiger partial charge is 0.413 e. The first-order chi connectivity index (χ1) is 11.2. The van der Waals surface area contributed by atoms with Crippen molar-refractivity contribution in [3.63, 3.8) is 0 Å². The van der Waals surface area contributed by atoms with Gasteiger partial charge in [-0.15, -0.1) is 0 Å². The summed E-state index contributed by atoms with van der Waals surface area (Å²) in [6, 6.07) is 13.5. The van der Waals surface area contributed by atoms with Gasteiger partial charge in [-0.3, -0.25) is 5.32 Å². The lowest BCUT2D eigenvalue weighted by molar-refractivity contribution is 0.0821. The van der Waals surface area contributed by atoms with Crippen molar-refractivity contribution in [3.8, 4) is 5.75 Å². The third-order valence-electron chi connectivity index (χ3n) is 4.20. The molecule has 1 aliphatic rings. The largest absolute Gasteiger partial charge is 0.506 e. The van der Waals surface area contributed by atoms with E-state index >= 15 is 0 Å². The minimum Gasteiger partial charge on any atom is -0.506 e. The maximum absolute atomic E-state index is 11.9. The van der Waals surface area contributed by atoms with Crippen LogP contribution in [-0.2, 0) is 4.74 Å². The molecule has 1 aromatic carbocycles. The number of rotatable bonds is 3. The van der Waals surface area contributed by atoms with E-state index in [-0.39, 0.29) is 11.9 Å². The number of carbonyl (C=O) groups excluding carboxylic acids is 1. The molecule has 23 heavy (non-hydrogen) atoms. The van der Waals surface area contributed by atoms with Crippen LogP contribution >= 0.6 is 0 Å². The van der Waals surface area contributed by atoms with Crippen molar-refractivity contribution in [1.82, 2.24) is 4.98 Å². The Morgan fingerprint density at radius 2 is 1.83 bits per heavy atom. The molecule has 1 fully saturated rings. The second-order valence-electron chi connectivity index (χ2n) is 5.82. The summed E-state index contributed by atoms with van der Waals surface area (Å²) in [6.07, 6.45) is 4.53. The fourth-order valence-corrected chi connectivity index (χ4v) is 2.98. The van der Waals surface area contributed by atoms with E-state index in [9.17, 15) is 4.79 Å². The highest BCUT2D eigenvalue weighted by Gasteiger charge is 2.24. The molecule has 2 aromatic rings. The summed E-state index contributed by atoms with van der Waals surface area (Å²) in [4.78, 5) is 15.8. The third-order valence-corrected chi connectivity index (χ3v) is 4.20. The highest BCUT2D eigenvalue weighted by atomic mass is 16.6. The van der Waals surface area contributed by atoms with Gasteiger partial charge in [-0.25, -0.2) is 9.78 Å². The van der Waals surface area contributed by atoms with Gasteiger partial charge in [-0.2, -0.15) is 0 Å². The zero-order valence-electron chi connectivity index (χ0n) is 12.8. The van der Waals surface area contributed by atoms with Gasteiger partial charge in [-0.05, 0) is 49.3 Å². The van der Waals surface area contributed by atoms with Gasteiger partial charge < -0.3 is 9.84 Å². The van der Waals surface area contributed by atoms with Gasteiger partial charge in [0.1, 0.15) is 17.7 Å². The number of amides is 1. The number of nitrogens with one attached hydrogen (secondary N) is 1. The van der Waals surface area contributed by atoms with E-state index in [1.807, 2.05) is 6.07 Å². The molecule has 1 amide bonds. The highest BCUT2D eigenvalue weighted by Crippen LogP contribution is 2.33. The first-order valence-electron chi connectivity index (χ1n) is 7.88. The normalized spacial score (nSPS) is 20.7. The number of nitrogens with zero attached hydrogens (tertiary/aromatic N) is 1. The second-order valence-corrected chi connectivity index (χ2v) is 5.82. The fraction of sp³-hybridized carbons (Fsp3) is 0.333. The van der Waals surface area contributed by atoms with Crippen LogP contribution in [0.4, 0.5) is 10.6 Å². The number of pyridine rings is 1. The number of hydrogen-bond acceptors (Lipinski definition) is 4. The summed E-state index contributed by atoms with van der Waals surface area (Å²) in [5.41, 5.74) is 1.36. The standard InChI is InChI=1S/C18H20N2O3/c21-15-8-11-17(19-12-15)20-18(22)23-16-9-6-14(7-10-16)13-4-2-1-3-5-13/h1-5,8,11-12,14,16,21H,6-7,9-10H2,(H,19,20,22). The maximum Gasteiger partial charge on any atom is 0.413 e. The minimum atomic E-state index is -0.494. The maximum atomic E-state index is 11.9. The SMILES string of the molecule is O=C(Nc1ccc(O)cn1)OC1CCC(c2ccccc2)CC1. The van der Waals surface area contributed by atoms with Gasteiger partial charge in [0.15, 0.2) is 0 Å². The molecule has 0 atom stereocenters. The molecule has 3 rings (SSSR count). The Morgan fingerprint density at radius 3 is 2.48 bits per heavy atom. The molecule has 0 unspecified atom stereocenters. The lowest BCUT2D eigenvalue weighted by Gasteiger charge is -2.28. The first-order valence-corrected chi connectivity index (χ1v) is 7.88. The van der Waals surface area contributed by atoms with Crippen molar-refractivity contribution in [1.29, 1.82) is 0 Å². The molecule has 0 bridgehead atoms. The van der Waals surface area contributed by atoms with Gasteiger partial charge >= 0.3 is 6.09 Å². The van der Waals surface area contributed by atoms with Crippen molar-refractivity contribution in [3.05, 3.63) is 54.2 Å². The summed E-state index contributed by atoms with van der Waals surface area (Å²) in [7, 11) is 0. The number of aromatic nitrogens is 1. The Morgan fingerprint density at radius 1 is 1.09 bits per heavy atom. The number of aromatic hydroxyl groups is 1. The predicted octanol–water partition coefficient (Wildman–Crippen LogP) is 4.06. The summed E-state index contributed by atoms with van der Waals surface area (Å²) < 4.78 is 5.46. The van der Waals surface area contributed by atoms with Crippen molar-refractivity contribution in [2.24, 2.45) is 0 Å². The molecule has 5 nitrogen and oxygen atoms in total. The lowest BCUT2D eigenvalue weighted by Crippen LogP contribution is -2.26. The van der Waals surface area contributed by atoms with Crippen LogP contribution in [0, 0.1) is 0 Å². The number of hydrogen-bond donors (Lipinski definition) is 2. The molecule has 1 aliphatic carbocycles. The molecule has 0 aliphatic heterocycles. The molecule has 1 saturated carbocycles. The zero-order valence-corrected chi connectivity index (χ0v) is 12.8. The van der Waals surface area contributed by atoms with E-state index in [1.165, 1.54) is 23.9 Å². The predicted molar refractivity (Wildman–Crippen MR) is 87.4 cm³/mol. The molecule has 5 heteroatoms. The van der Waals surface area contributed by atoms with Crippen molar-refractivity contribution >= 4 is 11.9 Å². The Balaban J connectivity index is 1.47. The van der Waals surface area contributed by atoms with Crippen molar-refractivity contribution < 1.29 is 14.6 Å². The summed E-state index contributed by atoms with van der Waals surface area (Å²) >= 11 is 0. The van der Waals surface area contributed by atoms with Gasteiger partial charge in [0.2, 0.25) is 0 Å². The summed E-state index contributed by atoms with van der Waals surface area (Å²) in [5.74, 6) is 0.979.